The Morgan fingerprint density at radius 3 is 2.58 bits per heavy atom. The lowest BCUT2D eigenvalue weighted by atomic mass is 9.88. The molecule has 1 aliphatic rings. The number of sulfonamides is 1. The number of amides is 1. The van der Waals surface area contributed by atoms with Gasteiger partial charge in [-0.25, -0.2) is 8.42 Å². The van der Waals surface area contributed by atoms with Gasteiger partial charge in [0, 0.05) is 3.57 Å². The molecule has 138 valence electrons. The average Bonchev–Trinajstić information content (AvgIpc) is 2.60. The molecule has 3 rings (SSSR count). The maximum atomic E-state index is 12.6. The second-order valence-corrected chi connectivity index (χ2v) is 9.61. The van der Waals surface area contributed by atoms with E-state index in [0.717, 1.165) is 39.0 Å². The lowest BCUT2D eigenvalue weighted by Crippen LogP contribution is -2.42. The van der Waals surface area contributed by atoms with E-state index in [1.807, 2.05) is 30.3 Å². The summed E-state index contributed by atoms with van der Waals surface area (Å²) in [5, 5.41) is 3.01. The zero-order valence-corrected chi connectivity index (χ0v) is 17.5. The van der Waals surface area contributed by atoms with Crippen LogP contribution in [0, 0.1) is 3.57 Å². The Hall–Kier alpha value is -1.61. The van der Waals surface area contributed by atoms with Gasteiger partial charge in [-0.2, -0.15) is 0 Å². The molecule has 0 radical (unpaired) electrons. The Balaban J connectivity index is 1.76. The number of hydrogen-bond acceptors (Lipinski definition) is 3. The van der Waals surface area contributed by atoms with E-state index in [4.69, 9.17) is 0 Å². The molecular formula is C19H21IN2O3S. The van der Waals surface area contributed by atoms with Gasteiger partial charge in [-0.3, -0.25) is 9.10 Å². The molecule has 1 atom stereocenters. The van der Waals surface area contributed by atoms with Crippen molar-refractivity contribution in [2.24, 2.45) is 0 Å². The molecule has 1 amide bonds. The summed E-state index contributed by atoms with van der Waals surface area (Å²) in [5.41, 5.74) is 2.88. The predicted octanol–water partition coefficient (Wildman–Crippen LogP) is 3.25. The molecule has 2 aromatic carbocycles. The van der Waals surface area contributed by atoms with Crippen LogP contribution in [0.3, 0.4) is 0 Å². The molecule has 26 heavy (non-hydrogen) atoms. The molecule has 7 heteroatoms. The number of fused-ring (bicyclic) bond motifs is 1. The number of carbonyl (C=O) groups is 1. The number of hydrogen-bond donors (Lipinski definition) is 1. The third kappa shape index (κ3) is 4.56. The Morgan fingerprint density at radius 2 is 1.88 bits per heavy atom. The number of nitrogens with zero attached hydrogens (tertiary/aromatic N) is 1. The van der Waals surface area contributed by atoms with Gasteiger partial charge in [0.15, 0.2) is 0 Å². The molecule has 0 aliphatic heterocycles. The quantitative estimate of drug-likeness (QED) is 0.663. The number of anilines is 1. The Bertz CT molecular complexity index is 897. The molecule has 1 unspecified atom stereocenters. The molecule has 1 N–H and O–H groups in total. The van der Waals surface area contributed by atoms with Crippen LogP contribution in [0.4, 0.5) is 5.69 Å². The van der Waals surface area contributed by atoms with Crippen molar-refractivity contribution in [3.63, 3.8) is 0 Å². The van der Waals surface area contributed by atoms with E-state index < -0.39 is 10.0 Å². The van der Waals surface area contributed by atoms with Crippen LogP contribution >= 0.6 is 22.6 Å². The summed E-state index contributed by atoms with van der Waals surface area (Å²) in [5.74, 6) is -0.296. The van der Waals surface area contributed by atoms with Gasteiger partial charge in [-0.1, -0.05) is 24.3 Å². The van der Waals surface area contributed by atoms with E-state index in [1.54, 1.807) is 12.1 Å². The summed E-state index contributed by atoms with van der Waals surface area (Å²) in [7, 11) is -3.56. The topological polar surface area (TPSA) is 66.5 Å². The van der Waals surface area contributed by atoms with Crippen LogP contribution < -0.4 is 9.62 Å². The van der Waals surface area contributed by atoms with E-state index in [1.165, 1.54) is 5.56 Å². The zero-order valence-electron chi connectivity index (χ0n) is 14.5. The van der Waals surface area contributed by atoms with Gasteiger partial charge >= 0.3 is 0 Å². The molecule has 0 saturated heterocycles. The summed E-state index contributed by atoms with van der Waals surface area (Å²) in [6.45, 7) is -0.224. The minimum absolute atomic E-state index is 0.0643. The lowest BCUT2D eigenvalue weighted by molar-refractivity contribution is -0.120. The van der Waals surface area contributed by atoms with E-state index in [-0.39, 0.29) is 18.5 Å². The molecule has 2 aromatic rings. The highest BCUT2D eigenvalue weighted by atomic mass is 127. The van der Waals surface area contributed by atoms with Gasteiger partial charge in [0.2, 0.25) is 15.9 Å². The Labute approximate surface area is 168 Å². The van der Waals surface area contributed by atoms with Crippen molar-refractivity contribution >= 4 is 44.2 Å². The summed E-state index contributed by atoms with van der Waals surface area (Å²) in [6, 6.07) is 15.1. The maximum Gasteiger partial charge on any atom is 0.241 e. The summed E-state index contributed by atoms with van der Waals surface area (Å²) in [6.07, 6.45) is 4.01. The molecule has 0 heterocycles. The van der Waals surface area contributed by atoms with Crippen molar-refractivity contribution in [3.05, 3.63) is 63.2 Å². The Morgan fingerprint density at radius 1 is 1.19 bits per heavy atom. The fraction of sp³-hybridized carbons (Fsp3) is 0.316. The normalized spacial score (nSPS) is 16.6. The first-order valence-electron chi connectivity index (χ1n) is 8.45. The van der Waals surface area contributed by atoms with Gasteiger partial charge in [-0.15, -0.1) is 0 Å². The SMILES string of the molecule is CS(=O)(=O)N(CC(=O)NC1CCCc2ccccc21)c1ccc(I)cc1. The van der Waals surface area contributed by atoms with Crippen LogP contribution in [0.5, 0.6) is 0 Å². The second kappa shape index (κ2) is 7.96. The largest absolute Gasteiger partial charge is 0.348 e. The van der Waals surface area contributed by atoms with E-state index >= 15 is 0 Å². The fourth-order valence-corrected chi connectivity index (χ4v) is 4.50. The van der Waals surface area contributed by atoms with Crippen molar-refractivity contribution in [3.8, 4) is 0 Å². The third-order valence-electron chi connectivity index (χ3n) is 4.51. The van der Waals surface area contributed by atoms with Crippen molar-refractivity contribution in [2.45, 2.75) is 25.3 Å². The van der Waals surface area contributed by atoms with E-state index in [9.17, 15) is 13.2 Å². The van der Waals surface area contributed by atoms with Crippen LogP contribution in [0.2, 0.25) is 0 Å². The molecule has 0 bridgehead atoms. The molecule has 1 aliphatic carbocycles. The van der Waals surface area contributed by atoms with Crippen molar-refractivity contribution in [2.75, 3.05) is 17.1 Å². The summed E-state index contributed by atoms with van der Waals surface area (Å²) < 4.78 is 26.5. The molecule has 0 spiro atoms. The number of rotatable bonds is 5. The minimum atomic E-state index is -3.56. The van der Waals surface area contributed by atoms with Gasteiger partial charge in [0.25, 0.3) is 0 Å². The standard InChI is InChI=1S/C19H21IN2O3S/c1-26(24,25)22(16-11-9-15(20)10-12-16)13-19(23)21-18-8-4-6-14-5-2-3-7-17(14)18/h2-3,5,7,9-12,18H,4,6,8,13H2,1H3,(H,21,23). The van der Waals surface area contributed by atoms with Crippen LogP contribution in [-0.4, -0.2) is 27.1 Å². The van der Waals surface area contributed by atoms with Gasteiger partial charge in [0.05, 0.1) is 18.0 Å². The Kier molecular flexibility index (Phi) is 5.86. The third-order valence-corrected chi connectivity index (χ3v) is 6.37. The first kappa shape index (κ1) is 19.2. The molecule has 0 saturated carbocycles. The molecular weight excluding hydrogens is 463 g/mol. The highest BCUT2D eigenvalue weighted by Crippen LogP contribution is 2.29. The van der Waals surface area contributed by atoms with Crippen LogP contribution in [-0.2, 0) is 21.2 Å². The summed E-state index contributed by atoms with van der Waals surface area (Å²) in [4.78, 5) is 12.6. The number of aryl methyl sites for hydroxylation is 1. The first-order chi connectivity index (χ1) is 12.3. The lowest BCUT2D eigenvalue weighted by Gasteiger charge is -2.28. The predicted molar refractivity (Wildman–Crippen MR) is 112 cm³/mol. The highest BCUT2D eigenvalue weighted by Gasteiger charge is 2.25. The number of benzene rings is 2. The second-order valence-electron chi connectivity index (χ2n) is 6.46. The van der Waals surface area contributed by atoms with Crippen molar-refractivity contribution < 1.29 is 13.2 Å². The number of carbonyl (C=O) groups excluding carboxylic acids is 1. The van der Waals surface area contributed by atoms with Crippen LogP contribution in [0.1, 0.15) is 30.0 Å². The van der Waals surface area contributed by atoms with Gasteiger partial charge in [0.1, 0.15) is 6.54 Å². The van der Waals surface area contributed by atoms with Gasteiger partial charge < -0.3 is 5.32 Å². The van der Waals surface area contributed by atoms with Crippen molar-refractivity contribution in [1.29, 1.82) is 0 Å². The molecule has 0 aromatic heterocycles. The summed E-state index contributed by atoms with van der Waals surface area (Å²) >= 11 is 2.16. The number of halogens is 1. The van der Waals surface area contributed by atoms with E-state index in [0.29, 0.717) is 5.69 Å². The van der Waals surface area contributed by atoms with Crippen LogP contribution in [0.15, 0.2) is 48.5 Å². The van der Waals surface area contributed by atoms with E-state index in [2.05, 4.69) is 34.0 Å². The highest BCUT2D eigenvalue weighted by molar-refractivity contribution is 14.1. The zero-order chi connectivity index (χ0) is 18.7. The molecule has 0 fully saturated rings. The maximum absolute atomic E-state index is 12.6. The number of nitrogens with one attached hydrogen (secondary N) is 1. The average molecular weight is 484 g/mol. The molecule has 5 nitrogen and oxygen atoms in total. The monoisotopic (exact) mass is 484 g/mol. The smallest absolute Gasteiger partial charge is 0.241 e. The first-order valence-corrected chi connectivity index (χ1v) is 11.4. The fourth-order valence-electron chi connectivity index (χ4n) is 3.28. The van der Waals surface area contributed by atoms with Gasteiger partial charge in [-0.05, 0) is 77.2 Å². The van der Waals surface area contributed by atoms with Crippen LogP contribution in [0.25, 0.3) is 0 Å². The minimum Gasteiger partial charge on any atom is -0.348 e. The van der Waals surface area contributed by atoms with Crippen molar-refractivity contribution in [1.82, 2.24) is 5.32 Å².